The maximum absolute atomic E-state index is 12.6. The molecule has 2 aliphatic rings. The van der Waals surface area contributed by atoms with E-state index in [1.807, 2.05) is 0 Å². The maximum Gasteiger partial charge on any atom is 0.248 e. The molecule has 2 fully saturated rings. The first-order chi connectivity index (χ1) is 9.54. The van der Waals surface area contributed by atoms with Crippen molar-refractivity contribution in [1.29, 1.82) is 0 Å². The van der Waals surface area contributed by atoms with Crippen LogP contribution in [0.4, 0.5) is 0 Å². The quantitative estimate of drug-likeness (QED) is 0.782. The second-order valence-electron chi connectivity index (χ2n) is 5.54. The number of primary amides is 1. The van der Waals surface area contributed by atoms with Gasteiger partial charge < -0.3 is 10.6 Å². The van der Waals surface area contributed by atoms with E-state index in [1.54, 1.807) is 4.90 Å². The first-order valence-electron chi connectivity index (χ1n) is 7.02. The first-order valence-corrected chi connectivity index (χ1v) is 7.47. The van der Waals surface area contributed by atoms with Gasteiger partial charge in [-0.25, -0.2) is 0 Å². The molecule has 0 aromatic rings. The van der Waals surface area contributed by atoms with Crippen LogP contribution in [0.25, 0.3) is 0 Å². The van der Waals surface area contributed by atoms with Crippen molar-refractivity contribution < 1.29 is 14.4 Å². The minimum atomic E-state index is -0.528. The summed E-state index contributed by atoms with van der Waals surface area (Å²) in [6.45, 7) is 0.552. The van der Waals surface area contributed by atoms with Crippen molar-refractivity contribution in [3.8, 4) is 0 Å². The number of carbonyl (C=O) groups is 3. The molecular weight excluding hydrogens is 277 g/mol. The highest BCUT2D eigenvalue weighted by atomic mass is 31.0. The van der Waals surface area contributed by atoms with E-state index >= 15 is 0 Å². The Morgan fingerprint density at radius 2 is 1.95 bits per heavy atom. The molecule has 1 heterocycles. The minimum absolute atomic E-state index is 0.0619. The van der Waals surface area contributed by atoms with E-state index in [0.717, 1.165) is 6.42 Å². The Balaban J connectivity index is 2.07. The molecule has 2 N–H and O–H groups in total. The molecule has 1 saturated heterocycles. The molecule has 1 aliphatic carbocycles. The van der Waals surface area contributed by atoms with E-state index in [4.69, 9.17) is 5.73 Å². The van der Waals surface area contributed by atoms with Crippen molar-refractivity contribution in [1.82, 2.24) is 4.90 Å². The monoisotopic (exact) mass is 297 g/mol. The summed E-state index contributed by atoms with van der Waals surface area (Å²) in [6, 6.07) is -1.04. The minimum Gasteiger partial charge on any atom is -0.368 e. The van der Waals surface area contributed by atoms with Crippen LogP contribution in [-0.2, 0) is 14.4 Å². The summed E-state index contributed by atoms with van der Waals surface area (Å²) in [6.07, 6.45) is 3.79. The molecule has 6 nitrogen and oxygen atoms in total. The van der Waals surface area contributed by atoms with Crippen LogP contribution in [0, 0.1) is 5.92 Å². The van der Waals surface area contributed by atoms with Gasteiger partial charge in [0.1, 0.15) is 17.9 Å². The van der Waals surface area contributed by atoms with Gasteiger partial charge >= 0.3 is 0 Å². The summed E-state index contributed by atoms with van der Waals surface area (Å²) in [5, 5.41) is 0. The Morgan fingerprint density at radius 1 is 1.30 bits per heavy atom. The lowest BCUT2D eigenvalue weighted by Gasteiger charge is -2.31. The van der Waals surface area contributed by atoms with Gasteiger partial charge in [-0.2, -0.15) is 0 Å². The topological polar surface area (TPSA) is 92.8 Å². The molecule has 2 rings (SSSR count). The van der Waals surface area contributed by atoms with Crippen LogP contribution in [0.2, 0.25) is 0 Å². The zero-order chi connectivity index (χ0) is 14.7. The van der Waals surface area contributed by atoms with E-state index in [-0.39, 0.29) is 17.6 Å². The zero-order valence-electron chi connectivity index (χ0n) is 11.4. The Morgan fingerprint density at radius 3 is 2.50 bits per heavy atom. The number of likely N-dealkylation sites (tertiary alicyclic amines) is 1. The third-order valence-electron chi connectivity index (χ3n) is 4.29. The van der Waals surface area contributed by atoms with Gasteiger partial charge in [0.25, 0.3) is 0 Å². The average molecular weight is 297 g/mol. The predicted octanol–water partition coefficient (Wildman–Crippen LogP) is 0.917. The molecule has 0 bridgehead atoms. The normalized spacial score (nSPS) is 25.5. The number of nitrogens with two attached hydrogens (primary N) is 1. The van der Waals surface area contributed by atoms with Gasteiger partial charge in [0.2, 0.25) is 11.8 Å². The van der Waals surface area contributed by atoms with Crippen molar-refractivity contribution in [3.63, 3.8) is 0 Å². The molecule has 2 atom stereocenters. The van der Waals surface area contributed by atoms with E-state index in [2.05, 4.69) is 13.8 Å². The van der Waals surface area contributed by atoms with Gasteiger partial charge in [0.05, 0.1) is 0 Å². The molecule has 1 aliphatic heterocycles. The average Bonchev–Trinajstić information content (AvgIpc) is 2.91. The van der Waals surface area contributed by atoms with Crippen LogP contribution < -0.4 is 5.73 Å². The molecule has 0 radical (unpaired) electrons. The molecule has 20 heavy (non-hydrogen) atoms. The van der Waals surface area contributed by atoms with Crippen molar-refractivity contribution >= 4 is 26.6 Å². The fourth-order valence-electron chi connectivity index (χ4n) is 3.14. The molecule has 0 aromatic carbocycles. The second-order valence-corrected chi connectivity index (χ2v) is 5.80. The second kappa shape index (κ2) is 6.44. The molecular formula is C13H20N3O3P. The zero-order valence-corrected chi connectivity index (χ0v) is 12.4. The lowest BCUT2D eigenvalue weighted by molar-refractivity contribution is -0.139. The Labute approximate surface area is 120 Å². The fraction of sp³-hybridized carbons (Fsp3) is 0.769. The molecule has 110 valence electrons. The number of hydrogen-bond donors (Lipinski definition) is 1. The summed E-state index contributed by atoms with van der Waals surface area (Å²) in [4.78, 5) is 36.8. The number of Topliss-reactive ketones (excluding diaryl/α,β-unsaturated/α-hetero) is 1. The molecule has 0 aromatic heterocycles. The van der Waals surface area contributed by atoms with Gasteiger partial charge in [-0.15, -0.1) is 0 Å². The van der Waals surface area contributed by atoms with Crippen LogP contribution in [0.5, 0.6) is 0 Å². The summed E-state index contributed by atoms with van der Waals surface area (Å²) >= 11 is 0. The lowest BCUT2D eigenvalue weighted by atomic mass is 9.83. The number of ketones is 1. The van der Waals surface area contributed by atoms with Gasteiger partial charge in [0.15, 0.2) is 0 Å². The van der Waals surface area contributed by atoms with Gasteiger partial charge in [-0.05, 0) is 40.6 Å². The van der Waals surface area contributed by atoms with Crippen LogP contribution >= 0.6 is 9.03 Å². The number of carbonyl (C=O) groups excluding carboxylic acids is 3. The number of hydrogen-bond acceptors (Lipinski definition) is 4. The SMILES string of the molecule is NC(=O)C1CCCN1C(=O)C(N=P)C1CCC(=O)CC1. The molecule has 1 saturated carbocycles. The Bertz CT molecular complexity index is 431. The molecule has 2 unspecified atom stereocenters. The third kappa shape index (κ3) is 3.06. The molecule has 0 spiro atoms. The van der Waals surface area contributed by atoms with Crippen LogP contribution in [0.3, 0.4) is 0 Å². The highest BCUT2D eigenvalue weighted by Crippen LogP contribution is 2.29. The van der Waals surface area contributed by atoms with Crippen LogP contribution in [-0.4, -0.2) is 41.1 Å². The van der Waals surface area contributed by atoms with Crippen molar-refractivity contribution in [3.05, 3.63) is 0 Å². The Hall–Kier alpha value is -1.29. The summed E-state index contributed by atoms with van der Waals surface area (Å²) in [5.41, 5.74) is 5.34. The number of rotatable bonds is 4. The van der Waals surface area contributed by atoms with Gasteiger partial charge in [0, 0.05) is 19.4 Å². The number of amides is 2. The Kier molecular flexibility index (Phi) is 4.86. The van der Waals surface area contributed by atoms with Crippen LogP contribution in [0.15, 0.2) is 4.74 Å². The smallest absolute Gasteiger partial charge is 0.248 e. The summed E-state index contributed by atoms with van der Waals surface area (Å²) in [5.74, 6) is -0.299. The van der Waals surface area contributed by atoms with E-state index in [9.17, 15) is 14.4 Å². The summed E-state index contributed by atoms with van der Waals surface area (Å²) in [7, 11) is 3.10. The first kappa shape index (κ1) is 15.1. The van der Waals surface area contributed by atoms with Crippen molar-refractivity contribution in [2.75, 3.05) is 6.54 Å². The lowest BCUT2D eigenvalue weighted by Crippen LogP contribution is -2.49. The van der Waals surface area contributed by atoms with Gasteiger partial charge in [-0.1, -0.05) is 0 Å². The number of nitrogens with zero attached hydrogens (tertiary/aromatic N) is 2. The van der Waals surface area contributed by atoms with Crippen molar-refractivity contribution in [2.45, 2.75) is 50.6 Å². The third-order valence-corrected chi connectivity index (χ3v) is 4.57. The van der Waals surface area contributed by atoms with Crippen molar-refractivity contribution in [2.24, 2.45) is 16.4 Å². The van der Waals surface area contributed by atoms with E-state index < -0.39 is 18.0 Å². The van der Waals surface area contributed by atoms with Crippen LogP contribution in [0.1, 0.15) is 38.5 Å². The fourth-order valence-corrected chi connectivity index (χ4v) is 3.46. The standard InChI is InChI=1S/C13H20N3O3P/c14-12(18)10-2-1-7-16(10)13(19)11(15-20)8-3-5-9(17)6-4-8/h8,10-11,20H,1-7H2,(H2,14,18). The molecule has 2 amide bonds. The van der Waals surface area contributed by atoms with Gasteiger partial charge in [-0.3, -0.25) is 19.1 Å². The highest BCUT2D eigenvalue weighted by Gasteiger charge is 2.39. The van der Waals surface area contributed by atoms with E-state index in [1.165, 1.54) is 0 Å². The maximum atomic E-state index is 12.6. The predicted molar refractivity (Wildman–Crippen MR) is 75.4 cm³/mol. The largest absolute Gasteiger partial charge is 0.368 e. The molecule has 7 heteroatoms. The van der Waals surface area contributed by atoms with E-state index in [0.29, 0.717) is 38.6 Å². The summed E-state index contributed by atoms with van der Waals surface area (Å²) < 4.78 is 4.03. The highest BCUT2D eigenvalue weighted by molar-refractivity contribution is 7.04.